The lowest BCUT2D eigenvalue weighted by atomic mass is 9.72. The van der Waals surface area contributed by atoms with Crippen LogP contribution >= 0.6 is 0 Å². The topological polar surface area (TPSA) is 138 Å². The predicted molar refractivity (Wildman–Crippen MR) is 183 cm³/mol. The third-order valence-electron chi connectivity index (χ3n) is 9.81. The normalized spacial score (nSPS) is 21.5. The van der Waals surface area contributed by atoms with Crippen LogP contribution in [0.2, 0.25) is 0 Å². The summed E-state index contributed by atoms with van der Waals surface area (Å²) in [6.07, 6.45) is 8.14. The van der Waals surface area contributed by atoms with Crippen molar-refractivity contribution in [2.24, 2.45) is 5.41 Å². The maximum Gasteiger partial charge on any atom is 0.263 e. The molecule has 1 aromatic carbocycles. The fourth-order valence-corrected chi connectivity index (χ4v) is 8.06. The number of likely N-dealkylation sites (tertiary alicyclic amines) is 1. The number of hydrogen-bond donors (Lipinski definition) is 1. The number of ether oxygens (including phenoxy) is 2. The Bertz CT molecular complexity index is 1620. The van der Waals surface area contributed by atoms with E-state index in [1.807, 2.05) is 27.7 Å². The molecule has 3 atom stereocenters. The summed E-state index contributed by atoms with van der Waals surface area (Å²) < 4.78 is 55.4. The van der Waals surface area contributed by atoms with Gasteiger partial charge in [-0.3, -0.25) is 9.35 Å². The minimum Gasteiger partial charge on any atom is -0.451 e. The molecular formula is C34H46FN7O6S. The second kappa shape index (κ2) is 14.7. The molecule has 1 amide bonds. The van der Waals surface area contributed by atoms with Crippen LogP contribution in [0.3, 0.4) is 0 Å². The van der Waals surface area contributed by atoms with Gasteiger partial charge in [0, 0.05) is 44.1 Å². The number of benzene rings is 1. The van der Waals surface area contributed by atoms with Crippen LogP contribution in [0.25, 0.3) is 0 Å². The number of rotatable bonds is 11. The van der Waals surface area contributed by atoms with E-state index in [-0.39, 0.29) is 46.9 Å². The molecule has 0 radical (unpaired) electrons. The molecule has 15 heteroatoms. The number of anilines is 2. The smallest absolute Gasteiger partial charge is 0.263 e. The molecule has 266 valence electrons. The van der Waals surface area contributed by atoms with Crippen molar-refractivity contribution in [1.82, 2.24) is 24.8 Å². The standard InChI is InChI=1S/C34H46FN7O6S/c1-22(2)41(23(3)4)33(43)28-14-25(35)6-9-29(28)48-30-15-36-21-37-32(30)40-19-34(20-40)10-12-39(13-11-34)16-27-8-7-26(17-47-27)42(49(44)45)31-18-46-24(5)38-31/h6,9,14-15,18,21-23,26-27H,7-8,10-13,16-17,19-20H2,1-5H3,(H,44,45)/t26-,27+/m1/s1. The molecule has 3 saturated heterocycles. The quantitative estimate of drug-likeness (QED) is 0.269. The Morgan fingerprint density at radius 2 is 1.90 bits per heavy atom. The first-order valence-corrected chi connectivity index (χ1v) is 18.0. The van der Waals surface area contributed by atoms with Crippen LogP contribution in [0, 0.1) is 18.2 Å². The number of aryl methyl sites for hydroxylation is 1. The van der Waals surface area contributed by atoms with Crippen molar-refractivity contribution in [2.45, 2.75) is 84.5 Å². The molecule has 13 nitrogen and oxygen atoms in total. The highest BCUT2D eigenvalue weighted by atomic mass is 32.2. The van der Waals surface area contributed by atoms with Crippen molar-refractivity contribution in [3.63, 3.8) is 0 Å². The molecule has 2 aromatic heterocycles. The van der Waals surface area contributed by atoms with Crippen LogP contribution in [0.5, 0.6) is 11.5 Å². The van der Waals surface area contributed by atoms with Crippen molar-refractivity contribution in [3.8, 4) is 11.5 Å². The monoisotopic (exact) mass is 699 g/mol. The number of oxazole rings is 1. The van der Waals surface area contributed by atoms with E-state index in [2.05, 4.69) is 24.8 Å². The number of carbonyl (C=O) groups is 1. The highest BCUT2D eigenvalue weighted by Gasteiger charge is 2.46. The molecule has 3 fully saturated rings. The Morgan fingerprint density at radius 3 is 2.51 bits per heavy atom. The van der Waals surface area contributed by atoms with E-state index >= 15 is 0 Å². The number of aromatic nitrogens is 3. The van der Waals surface area contributed by atoms with E-state index in [0.29, 0.717) is 29.9 Å². The lowest BCUT2D eigenvalue weighted by Crippen LogP contribution is -2.61. The van der Waals surface area contributed by atoms with Gasteiger partial charge in [0.1, 0.15) is 24.2 Å². The second-order valence-electron chi connectivity index (χ2n) is 14.0. The van der Waals surface area contributed by atoms with E-state index in [4.69, 9.17) is 13.9 Å². The molecule has 1 unspecified atom stereocenters. The first kappa shape index (κ1) is 35.2. The molecule has 3 aliphatic rings. The van der Waals surface area contributed by atoms with Gasteiger partial charge in [-0.15, -0.1) is 0 Å². The van der Waals surface area contributed by atoms with Gasteiger partial charge >= 0.3 is 0 Å². The van der Waals surface area contributed by atoms with E-state index in [9.17, 15) is 17.9 Å². The molecule has 0 saturated carbocycles. The second-order valence-corrected chi connectivity index (χ2v) is 14.8. The Morgan fingerprint density at radius 1 is 1.16 bits per heavy atom. The summed E-state index contributed by atoms with van der Waals surface area (Å²) in [6.45, 7) is 14.2. The molecular weight excluding hydrogens is 653 g/mol. The van der Waals surface area contributed by atoms with E-state index in [1.165, 1.54) is 35.1 Å². The van der Waals surface area contributed by atoms with Crippen molar-refractivity contribution in [3.05, 3.63) is 54.3 Å². The van der Waals surface area contributed by atoms with Crippen LogP contribution in [0.4, 0.5) is 16.0 Å². The molecule has 1 N–H and O–H groups in total. The van der Waals surface area contributed by atoms with Gasteiger partial charge in [-0.2, -0.15) is 4.98 Å². The highest BCUT2D eigenvalue weighted by Crippen LogP contribution is 2.45. The number of halogens is 1. The zero-order chi connectivity index (χ0) is 34.9. The summed E-state index contributed by atoms with van der Waals surface area (Å²) in [5.41, 5.74) is 0.331. The molecule has 5 heterocycles. The number of hydrogen-bond acceptors (Lipinski definition) is 10. The zero-order valence-corrected chi connectivity index (χ0v) is 29.6. The van der Waals surface area contributed by atoms with Crippen LogP contribution < -0.4 is 13.9 Å². The highest BCUT2D eigenvalue weighted by molar-refractivity contribution is 7.80. The average molecular weight is 700 g/mol. The first-order valence-electron chi connectivity index (χ1n) is 16.9. The summed E-state index contributed by atoms with van der Waals surface area (Å²) in [5.74, 6) is 1.32. The van der Waals surface area contributed by atoms with Gasteiger partial charge in [0.05, 0.1) is 30.5 Å². The number of nitrogens with zero attached hydrogens (tertiary/aromatic N) is 7. The summed E-state index contributed by atoms with van der Waals surface area (Å²) in [4.78, 5) is 32.9. The van der Waals surface area contributed by atoms with Crippen LogP contribution in [0.1, 0.15) is 69.6 Å². The largest absolute Gasteiger partial charge is 0.451 e. The van der Waals surface area contributed by atoms with Gasteiger partial charge in [-0.05, 0) is 84.7 Å². The molecule has 0 bridgehead atoms. The van der Waals surface area contributed by atoms with Gasteiger partial charge in [-0.1, -0.05) is 0 Å². The van der Waals surface area contributed by atoms with Crippen molar-refractivity contribution < 1.29 is 31.8 Å². The minimum absolute atomic E-state index is 0.0633. The maximum absolute atomic E-state index is 14.4. The summed E-state index contributed by atoms with van der Waals surface area (Å²) in [5, 5.41) is 0. The maximum atomic E-state index is 14.4. The summed E-state index contributed by atoms with van der Waals surface area (Å²) >= 11 is -2.23. The van der Waals surface area contributed by atoms with Crippen molar-refractivity contribution >= 4 is 28.8 Å². The summed E-state index contributed by atoms with van der Waals surface area (Å²) in [7, 11) is 0. The van der Waals surface area contributed by atoms with Gasteiger partial charge in [0.25, 0.3) is 17.2 Å². The van der Waals surface area contributed by atoms with Crippen molar-refractivity contribution in [2.75, 3.05) is 48.5 Å². The van der Waals surface area contributed by atoms with Gasteiger partial charge in [0.15, 0.2) is 23.3 Å². The predicted octanol–water partition coefficient (Wildman–Crippen LogP) is 5.06. The van der Waals surface area contributed by atoms with E-state index in [1.54, 1.807) is 18.0 Å². The van der Waals surface area contributed by atoms with Gasteiger partial charge in [0.2, 0.25) is 0 Å². The molecule has 49 heavy (non-hydrogen) atoms. The Labute approximate surface area is 289 Å². The van der Waals surface area contributed by atoms with Crippen LogP contribution in [-0.2, 0) is 16.0 Å². The lowest BCUT2D eigenvalue weighted by Gasteiger charge is -2.54. The minimum atomic E-state index is -2.23. The lowest BCUT2D eigenvalue weighted by molar-refractivity contribution is -0.0270. The Hall–Kier alpha value is -3.66. The number of piperidine rings is 1. The molecule has 1 spiro atoms. The van der Waals surface area contributed by atoms with E-state index in [0.717, 1.165) is 58.4 Å². The Kier molecular flexibility index (Phi) is 10.5. The van der Waals surface area contributed by atoms with E-state index < -0.39 is 17.1 Å². The number of amides is 1. The average Bonchev–Trinajstić information content (AvgIpc) is 3.47. The zero-order valence-electron chi connectivity index (χ0n) is 28.7. The fourth-order valence-electron chi connectivity index (χ4n) is 7.40. The Balaban J connectivity index is 1.03. The van der Waals surface area contributed by atoms with Crippen molar-refractivity contribution in [1.29, 1.82) is 0 Å². The fraction of sp³-hybridized carbons (Fsp3) is 0.588. The van der Waals surface area contributed by atoms with Crippen LogP contribution in [0.15, 0.2) is 41.4 Å². The van der Waals surface area contributed by atoms with Crippen LogP contribution in [-0.4, -0.2) is 103 Å². The SMILES string of the molecule is Cc1nc(N([C@@H]2CC[C@@H](CN3CCC4(CC3)CN(c3ncncc3Oc3ccc(F)cc3C(=O)N(C(C)C)C(C)C)C4)OC2)S(=O)O)co1. The molecule has 3 aliphatic heterocycles. The summed E-state index contributed by atoms with van der Waals surface area (Å²) in [6, 6.07) is 3.61. The molecule has 3 aromatic rings. The van der Waals surface area contributed by atoms with Gasteiger partial charge in [-0.25, -0.2) is 22.9 Å². The molecule has 0 aliphatic carbocycles. The number of carbonyl (C=O) groups excluding carboxylic acids is 1. The first-order chi connectivity index (χ1) is 23.4. The third kappa shape index (κ3) is 7.74. The third-order valence-corrected chi connectivity index (χ3v) is 10.6. The molecule has 6 rings (SSSR count). The van der Waals surface area contributed by atoms with Gasteiger partial charge < -0.3 is 28.6 Å².